The molecular weight excluding hydrogens is 512 g/mol. The van der Waals surface area contributed by atoms with Crippen LogP contribution in [0.25, 0.3) is 0 Å². The Hall–Kier alpha value is -5.26. The number of aromatic carboxylic acids is 3. The minimum absolute atomic E-state index is 0.0162. The van der Waals surface area contributed by atoms with Crippen LogP contribution in [0.5, 0.6) is 5.75 Å². The van der Waals surface area contributed by atoms with Crippen molar-refractivity contribution in [2.75, 3.05) is 17.2 Å². The van der Waals surface area contributed by atoms with E-state index in [1.54, 1.807) is 0 Å². The predicted molar refractivity (Wildman–Crippen MR) is 129 cm³/mol. The molecule has 17 heteroatoms. The molecule has 204 valence electrons. The first-order chi connectivity index (χ1) is 17.8. The zero-order valence-electron chi connectivity index (χ0n) is 19.3. The summed E-state index contributed by atoms with van der Waals surface area (Å²) in [5.41, 5.74) is 14.6. The highest BCUT2D eigenvalue weighted by molar-refractivity contribution is 5.89. The average Bonchev–Trinajstić information content (AvgIpc) is 2.85. The molecule has 14 N–H and O–H groups in total. The van der Waals surface area contributed by atoms with E-state index in [2.05, 4.69) is 15.0 Å². The topological polar surface area (TPSA) is 330 Å². The van der Waals surface area contributed by atoms with Gasteiger partial charge in [0.1, 0.15) is 17.1 Å². The molecule has 3 aromatic heterocycles. The van der Waals surface area contributed by atoms with Crippen LogP contribution < -0.4 is 22.6 Å². The molecule has 3 aromatic rings. The first-order valence-electron chi connectivity index (χ1n) is 10.0. The SMILES string of the molecule is Nc1[nH]cc(C(=O)O)c(=O)c1CO.Nc1ccc(C(=O)O)nc1CO.Nc1cnc(C(=O)O)c(O)c1CO. The van der Waals surface area contributed by atoms with Gasteiger partial charge in [0.05, 0.1) is 48.6 Å². The van der Waals surface area contributed by atoms with Gasteiger partial charge in [-0.1, -0.05) is 0 Å². The fourth-order valence-corrected chi connectivity index (χ4v) is 2.54. The van der Waals surface area contributed by atoms with E-state index in [-0.39, 0.29) is 40.6 Å². The van der Waals surface area contributed by atoms with Crippen molar-refractivity contribution < 1.29 is 50.1 Å². The zero-order chi connectivity index (χ0) is 29.2. The number of pyridine rings is 3. The van der Waals surface area contributed by atoms with E-state index in [0.717, 1.165) is 12.4 Å². The number of carboxylic acids is 3. The van der Waals surface area contributed by atoms with E-state index in [1.807, 2.05) is 0 Å². The highest BCUT2D eigenvalue weighted by atomic mass is 16.4. The third-order valence-electron chi connectivity index (χ3n) is 4.53. The molecule has 0 atom stereocenters. The number of nitrogens with one attached hydrogen (secondary N) is 1. The minimum atomic E-state index is -1.37. The Labute approximate surface area is 212 Å². The fourth-order valence-electron chi connectivity index (χ4n) is 2.54. The van der Waals surface area contributed by atoms with Gasteiger partial charge in [-0.2, -0.15) is 0 Å². The van der Waals surface area contributed by atoms with E-state index >= 15 is 0 Å². The van der Waals surface area contributed by atoms with Crippen LogP contribution in [-0.4, -0.2) is 68.6 Å². The standard InChI is InChI=1S/2C7H8N2O4.C7H8N2O3/c8-4-1-9-5(7(12)13)6(11)3(4)2-10;8-6-4(2-10)5(11)3(1-9-6)7(12)13;8-4-1-2-5(7(11)12)9-6(4)3-10/h1,10-11H,2,8H2,(H,12,13);1,10H,2H2,(H,12,13)(H3,8,9,11);1-2,10H,3,8H2,(H,11,12). The Balaban J connectivity index is 0.000000285. The summed E-state index contributed by atoms with van der Waals surface area (Å²) < 4.78 is 0. The lowest BCUT2D eigenvalue weighted by Crippen LogP contribution is -2.21. The van der Waals surface area contributed by atoms with Gasteiger partial charge in [0.15, 0.2) is 11.4 Å². The Bertz CT molecular complexity index is 1390. The number of carboxylic acid groups (broad SMARTS) is 3. The number of rotatable bonds is 6. The maximum atomic E-state index is 11.2. The van der Waals surface area contributed by atoms with Gasteiger partial charge in [-0.15, -0.1) is 0 Å². The number of H-pyrrole nitrogens is 1. The molecule has 0 unspecified atom stereocenters. The summed E-state index contributed by atoms with van der Waals surface area (Å²) in [5, 5.41) is 61.0. The third kappa shape index (κ3) is 7.62. The first-order valence-corrected chi connectivity index (χ1v) is 10.0. The summed E-state index contributed by atoms with van der Waals surface area (Å²) in [4.78, 5) is 51.9. The van der Waals surface area contributed by atoms with Gasteiger partial charge in [0.25, 0.3) is 0 Å². The second-order valence-corrected chi connectivity index (χ2v) is 6.94. The number of nitrogens with two attached hydrogens (primary N) is 3. The monoisotopic (exact) mass is 536 g/mol. The van der Waals surface area contributed by atoms with Crippen LogP contribution in [-0.2, 0) is 19.8 Å². The third-order valence-corrected chi connectivity index (χ3v) is 4.53. The van der Waals surface area contributed by atoms with Crippen molar-refractivity contribution in [3.05, 3.63) is 68.5 Å². The molecule has 17 nitrogen and oxygen atoms in total. The molecule has 0 saturated heterocycles. The molecule has 0 radical (unpaired) electrons. The van der Waals surface area contributed by atoms with Crippen LogP contribution in [0.2, 0.25) is 0 Å². The van der Waals surface area contributed by atoms with Crippen LogP contribution in [0.4, 0.5) is 17.2 Å². The molecule has 0 spiro atoms. The highest BCUT2D eigenvalue weighted by Crippen LogP contribution is 2.25. The summed E-state index contributed by atoms with van der Waals surface area (Å²) in [7, 11) is 0. The van der Waals surface area contributed by atoms with Gasteiger partial charge in [-0.3, -0.25) is 4.79 Å². The normalized spacial score (nSPS) is 9.87. The largest absolute Gasteiger partial charge is 0.505 e. The minimum Gasteiger partial charge on any atom is -0.505 e. The summed E-state index contributed by atoms with van der Waals surface area (Å²) in [6.07, 6.45) is 2.08. The molecule has 0 amide bonds. The van der Waals surface area contributed by atoms with E-state index < -0.39 is 53.6 Å². The van der Waals surface area contributed by atoms with E-state index in [1.165, 1.54) is 12.1 Å². The molecule has 0 aliphatic rings. The Kier molecular flexibility index (Phi) is 11.1. The van der Waals surface area contributed by atoms with Crippen molar-refractivity contribution in [2.24, 2.45) is 0 Å². The van der Waals surface area contributed by atoms with Crippen LogP contribution in [0, 0.1) is 0 Å². The fraction of sp³-hybridized carbons (Fsp3) is 0.143. The van der Waals surface area contributed by atoms with E-state index in [0.29, 0.717) is 5.69 Å². The number of aliphatic hydroxyl groups is 3. The second-order valence-electron chi connectivity index (χ2n) is 6.94. The van der Waals surface area contributed by atoms with Gasteiger partial charge in [-0.05, 0) is 12.1 Å². The number of aromatic hydroxyl groups is 1. The quantitative estimate of drug-likeness (QED) is 0.172. The van der Waals surface area contributed by atoms with Crippen LogP contribution >= 0.6 is 0 Å². The van der Waals surface area contributed by atoms with Gasteiger partial charge >= 0.3 is 17.9 Å². The van der Waals surface area contributed by atoms with E-state index in [4.69, 9.17) is 47.8 Å². The lowest BCUT2D eigenvalue weighted by Gasteiger charge is -2.06. The molecule has 38 heavy (non-hydrogen) atoms. The number of aliphatic hydroxyl groups excluding tert-OH is 3. The number of carbonyl (C=O) groups is 3. The maximum absolute atomic E-state index is 11.2. The number of hydrogen-bond donors (Lipinski definition) is 11. The summed E-state index contributed by atoms with van der Waals surface area (Å²) in [6.45, 7) is -1.46. The van der Waals surface area contributed by atoms with E-state index in [9.17, 15) is 24.3 Å². The van der Waals surface area contributed by atoms with Gasteiger partial charge in [0.2, 0.25) is 5.43 Å². The van der Waals surface area contributed by atoms with Crippen LogP contribution in [0.3, 0.4) is 0 Å². The summed E-state index contributed by atoms with van der Waals surface area (Å²) in [6, 6.07) is 2.69. The smallest absolute Gasteiger partial charge is 0.358 e. The molecule has 0 aromatic carbocycles. The lowest BCUT2D eigenvalue weighted by atomic mass is 10.2. The van der Waals surface area contributed by atoms with Crippen molar-refractivity contribution in [1.82, 2.24) is 15.0 Å². The first kappa shape index (κ1) is 30.8. The average molecular weight is 536 g/mol. The molecule has 0 aliphatic carbocycles. The van der Waals surface area contributed by atoms with Crippen molar-refractivity contribution in [2.45, 2.75) is 19.8 Å². The zero-order valence-corrected chi connectivity index (χ0v) is 19.3. The number of hydrogen-bond acceptors (Lipinski definition) is 13. The molecule has 0 fully saturated rings. The van der Waals surface area contributed by atoms with Gasteiger partial charge < -0.3 is 57.9 Å². The lowest BCUT2D eigenvalue weighted by molar-refractivity contribution is 0.0677. The second kappa shape index (κ2) is 13.7. The van der Waals surface area contributed by atoms with Crippen LogP contribution in [0.15, 0.2) is 29.3 Å². The van der Waals surface area contributed by atoms with Crippen LogP contribution in [0.1, 0.15) is 48.2 Å². The molecule has 3 rings (SSSR count). The molecule has 0 bridgehead atoms. The highest BCUT2D eigenvalue weighted by Gasteiger charge is 2.17. The number of aromatic nitrogens is 3. The van der Waals surface area contributed by atoms with Gasteiger partial charge in [-0.25, -0.2) is 24.4 Å². The Morgan fingerprint density at radius 1 is 0.842 bits per heavy atom. The summed E-state index contributed by atoms with van der Waals surface area (Å²) >= 11 is 0. The van der Waals surface area contributed by atoms with Crippen molar-refractivity contribution in [3.8, 4) is 5.75 Å². The number of nitrogen functional groups attached to an aromatic ring is 3. The molecular formula is C21H24N6O11. The van der Waals surface area contributed by atoms with Gasteiger partial charge in [0, 0.05) is 11.8 Å². The predicted octanol–water partition coefficient (Wildman–Crippen LogP) is -1.44. The van der Waals surface area contributed by atoms with Crippen molar-refractivity contribution >= 4 is 35.1 Å². The summed E-state index contributed by atoms with van der Waals surface area (Å²) in [5.74, 6) is -4.46. The number of aromatic amines is 1. The Morgan fingerprint density at radius 2 is 1.45 bits per heavy atom. The van der Waals surface area contributed by atoms with Crippen molar-refractivity contribution in [1.29, 1.82) is 0 Å². The Morgan fingerprint density at radius 3 is 1.92 bits per heavy atom. The maximum Gasteiger partial charge on any atom is 0.358 e. The molecule has 0 aliphatic heterocycles. The van der Waals surface area contributed by atoms with Crippen molar-refractivity contribution in [3.63, 3.8) is 0 Å². The number of nitrogens with zero attached hydrogens (tertiary/aromatic N) is 2. The number of anilines is 3. The molecule has 3 heterocycles. The molecule has 0 saturated carbocycles.